The number of aryl methyl sites for hydroxylation is 2. The van der Waals surface area contributed by atoms with Gasteiger partial charge in [-0.2, -0.15) is 0 Å². The number of amides is 2. The van der Waals surface area contributed by atoms with Gasteiger partial charge in [0.1, 0.15) is 11.3 Å². The van der Waals surface area contributed by atoms with Crippen molar-refractivity contribution in [1.82, 2.24) is 10.2 Å². The number of likely N-dealkylation sites (tertiary alicyclic amines) is 1. The maximum atomic E-state index is 12.7. The molecule has 3 atom stereocenters. The van der Waals surface area contributed by atoms with Gasteiger partial charge in [0.25, 0.3) is 5.91 Å². The highest BCUT2D eigenvalue weighted by Gasteiger charge is 2.43. The molecule has 208 valence electrons. The lowest BCUT2D eigenvalue weighted by Gasteiger charge is -2.47. The van der Waals surface area contributed by atoms with Crippen molar-refractivity contribution in [3.8, 4) is 5.75 Å². The van der Waals surface area contributed by atoms with E-state index in [2.05, 4.69) is 5.32 Å². The van der Waals surface area contributed by atoms with Gasteiger partial charge in [-0.3, -0.25) is 9.59 Å². The molecule has 1 saturated carbocycles. The van der Waals surface area contributed by atoms with E-state index in [1.807, 2.05) is 24.8 Å². The summed E-state index contributed by atoms with van der Waals surface area (Å²) in [6.07, 6.45) is 7.01. The molecule has 2 aromatic rings. The first-order valence-corrected chi connectivity index (χ1v) is 14.1. The molecule has 2 fully saturated rings. The first-order valence-electron chi connectivity index (χ1n) is 14.1. The highest BCUT2D eigenvalue weighted by atomic mass is 16.5. The molecule has 0 spiro atoms. The summed E-state index contributed by atoms with van der Waals surface area (Å²) < 4.78 is 11.5. The fraction of sp³-hybridized carbons (Fsp3) is 0.633. The Morgan fingerprint density at radius 1 is 1.16 bits per heavy atom. The molecule has 8 nitrogen and oxygen atoms in total. The number of rotatable bonds is 9. The lowest BCUT2D eigenvalue weighted by Crippen LogP contribution is -2.54. The molecule has 8 heteroatoms. The fourth-order valence-corrected chi connectivity index (χ4v) is 5.91. The number of carbonyl (C=O) groups is 2. The molecule has 2 amide bonds. The molecule has 1 aromatic carbocycles. The zero-order chi connectivity index (χ0) is 27.4. The van der Waals surface area contributed by atoms with Crippen LogP contribution >= 0.6 is 0 Å². The van der Waals surface area contributed by atoms with Crippen molar-refractivity contribution in [3.05, 3.63) is 39.2 Å². The van der Waals surface area contributed by atoms with Crippen LogP contribution in [-0.4, -0.2) is 53.2 Å². The summed E-state index contributed by atoms with van der Waals surface area (Å²) in [5.74, 6) is 0.707. The third kappa shape index (κ3) is 6.22. The number of ether oxygens (including phenoxy) is 1. The van der Waals surface area contributed by atoms with Crippen LogP contribution in [0.1, 0.15) is 81.4 Å². The number of piperidine rings is 1. The van der Waals surface area contributed by atoms with Crippen LogP contribution in [0, 0.1) is 26.7 Å². The van der Waals surface area contributed by atoms with Gasteiger partial charge in [0, 0.05) is 37.5 Å². The van der Waals surface area contributed by atoms with Crippen LogP contribution in [0.4, 0.5) is 0 Å². The molecule has 1 saturated heterocycles. The number of fused-ring (bicyclic) bond motifs is 2. The second-order valence-corrected chi connectivity index (χ2v) is 11.3. The van der Waals surface area contributed by atoms with Gasteiger partial charge in [-0.15, -0.1) is 0 Å². The fourth-order valence-electron chi connectivity index (χ4n) is 5.91. The molecule has 2 aliphatic rings. The lowest BCUT2D eigenvalue weighted by molar-refractivity contribution is -0.143. The summed E-state index contributed by atoms with van der Waals surface area (Å²) in [5.41, 5.74) is 1.71. The van der Waals surface area contributed by atoms with Gasteiger partial charge in [-0.25, -0.2) is 4.79 Å². The highest BCUT2D eigenvalue weighted by molar-refractivity contribution is 5.89. The quantitative estimate of drug-likeness (QED) is 0.372. The van der Waals surface area contributed by atoms with E-state index in [0.29, 0.717) is 54.8 Å². The number of benzene rings is 1. The number of aliphatic hydroxyl groups is 1. The van der Waals surface area contributed by atoms with Crippen LogP contribution < -0.4 is 15.7 Å². The van der Waals surface area contributed by atoms with Crippen molar-refractivity contribution < 1.29 is 23.8 Å². The number of hydrogen-bond acceptors (Lipinski definition) is 6. The Bertz CT molecular complexity index is 1240. The molecule has 1 aliphatic carbocycles. The molecule has 38 heavy (non-hydrogen) atoms. The number of nitrogens with zero attached hydrogens (tertiary/aromatic N) is 1. The van der Waals surface area contributed by atoms with Gasteiger partial charge >= 0.3 is 5.63 Å². The highest BCUT2D eigenvalue weighted by Crippen LogP contribution is 2.40. The molecule has 0 unspecified atom stereocenters. The summed E-state index contributed by atoms with van der Waals surface area (Å²) in [6.45, 7) is 9.02. The summed E-state index contributed by atoms with van der Waals surface area (Å²) in [7, 11) is 0. The number of unbranched alkanes of at least 4 members (excludes halogenated alkanes) is 2. The van der Waals surface area contributed by atoms with Crippen LogP contribution in [-0.2, 0) is 9.59 Å². The zero-order valence-corrected chi connectivity index (χ0v) is 23.2. The average molecular weight is 527 g/mol. The number of carbonyl (C=O) groups excluding carboxylic acids is 2. The lowest BCUT2D eigenvalue weighted by atomic mass is 9.71. The van der Waals surface area contributed by atoms with Gasteiger partial charge < -0.3 is 24.5 Å². The van der Waals surface area contributed by atoms with Gasteiger partial charge in [0.2, 0.25) is 5.91 Å². The largest absolute Gasteiger partial charge is 0.480 e. The third-order valence-electron chi connectivity index (χ3n) is 8.48. The van der Waals surface area contributed by atoms with Crippen LogP contribution in [0.15, 0.2) is 21.3 Å². The van der Waals surface area contributed by atoms with E-state index in [0.717, 1.165) is 56.1 Å². The van der Waals surface area contributed by atoms with Gasteiger partial charge in [-0.05, 0) is 83.1 Å². The summed E-state index contributed by atoms with van der Waals surface area (Å²) in [4.78, 5) is 39.4. The Morgan fingerprint density at radius 3 is 2.74 bits per heavy atom. The predicted octanol–water partition coefficient (Wildman–Crippen LogP) is 4.32. The normalized spacial score (nSPS) is 22.1. The van der Waals surface area contributed by atoms with E-state index < -0.39 is 11.7 Å². The van der Waals surface area contributed by atoms with E-state index in [9.17, 15) is 19.5 Å². The van der Waals surface area contributed by atoms with Gasteiger partial charge in [0.15, 0.2) is 6.10 Å². The topological polar surface area (TPSA) is 109 Å². The average Bonchev–Trinajstić information content (AvgIpc) is 2.88. The Hall–Kier alpha value is -2.87. The maximum absolute atomic E-state index is 12.7. The molecule has 2 N–H and O–H groups in total. The molecule has 2 heterocycles. The van der Waals surface area contributed by atoms with Crippen molar-refractivity contribution in [1.29, 1.82) is 0 Å². The van der Waals surface area contributed by atoms with Crippen molar-refractivity contribution in [2.45, 2.75) is 97.2 Å². The molecule has 0 bridgehead atoms. The van der Waals surface area contributed by atoms with Gasteiger partial charge in [0.05, 0.1) is 11.0 Å². The standard InChI is InChI=1S/C30H42N2O6/c1-19-16-24(27-20(2)21(3)29(35)38-25(27)17-19)37-22(4)28(34)31-14-9-5-6-11-26(33)32-15-13-30(36)12-8-7-10-23(30)18-32/h16-17,22-23,36H,5-15,18H2,1-4H3,(H,31,34)/t22-,23+,30-/m1/s1. The van der Waals surface area contributed by atoms with Crippen LogP contribution in [0.2, 0.25) is 0 Å². The Kier molecular flexibility index (Phi) is 8.81. The first kappa shape index (κ1) is 28.1. The van der Waals surface area contributed by atoms with Gasteiger partial charge in [-0.1, -0.05) is 19.3 Å². The van der Waals surface area contributed by atoms with E-state index in [1.165, 1.54) is 0 Å². The molecule has 4 rings (SSSR count). The summed E-state index contributed by atoms with van der Waals surface area (Å²) >= 11 is 0. The van der Waals surface area contributed by atoms with E-state index >= 15 is 0 Å². The monoisotopic (exact) mass is 526 g/mol. The second-order valence-electron chi connectivity index (χ2n) is 11.3. The second kappa shape index (κ2) is 11.9. The molecule has 1 aliphatic heterocycles. The van der Waals surface area contributed by atoms with Crippen molar-refractivity contribution in [2.24, 2.45) is 5.92 Å². The molecule has 1 aromatic heterocycles. The third-order valence-corrected chi connectivity index (χ3v) is 8.48. The minimum absolute atomic E-state index is 0.176. The van der Waals surface area contributed by atoms with Crippen LogP contribution in [0.5, 0.6) is 5.75 Å². The van der Waals surface area contributed by atoms with E-state index in [1.54, 1.807) is 19.9 Å². The van der Waals surface area contributed by atoms with E-state index in [4.69, 9.17) is 9.15 Å². The Balaban J connectivity index is 1.19. The molecular weight excluding hydrogens is 484 g/mol. The number of hydrogen-bond donors (Lipinski definition) is 2. The SMILES string of the molecule is Cc1cc(O[C@H](C)C(=O)NCCCCCC(=O)N2CC[C@]3(O)CCCC[C@H]3C2)c2c(C)c(C)c(=O)oc2c1. The van der Waals surface area contributed by atoms with Crippen molar-refractivity contribution in [2.75, 3.05) is 19.6 Å². The first-order chi connectivity index (χ1) is 18.1. The Morgan fingerprint density at radius 2 is 1.95 bits per heavy atom. The number of nitrogens with one attached hydrogen (secondary N) is 1. The smallest absolute Gasteiger partial charge is 0.339 e. The predicted molar refractivity (Wildman–Crippen MR) is 146 cm³/mol. The van der Waals surface area contributed by atoms with Crippen LogP contribution in [0.25, 0.3) is 11.0 Å². The minimum Gasteiger partial charge on any atom is -0.480 e. The molecule has 0 radical (unpaired) electrons. The summed E-state index contributed by atoms with van der Waals surface area (Å²) in [6, 6.07) is 3.65. The Labute approximate surface area is 224 Å². The van der Waals surface area contributed by atoms with Crippen LogP contribution in [0.3, 0.4) is 0 Å². The molecular formula is C30H42N2O6. The van der Waals surface area contributed by atoms with Crippen molar-refractivity contribution >= 4 is 22.8 Å². The van der Waals surface area contributed by atoms with Crippen molar-refractivity contribution in [3.63, 3.8) is 0 Å². The maximum Gasteiger partial charge on any atom is 0.339 e. The zero-order valence-electron chi connectivity index (χ0n) is 23.2. The summed E-state index contributed by atoms with van der Waals surface area (Å²) in [5, 5.41) is 14.5. The minimum atomic E-state index is -0.717. The van der Waals surface area contributed by atoms with E-state index in [-0.39, 0.29) is 23.4 Å².